The maximum atomic E-state index is 15.5. The molecule has 0 N–H and O–H groups in total. The van der Waals surface area contributed by atoms with Gasteiger partial charge in [0.2, 0.25) is 0 Å². The van der Waals surface area contributed by atoms with Gasteiger partial charge in [-0.1, -0.05) is 140 Å². The fraction of sp³-hybridized carbons (Fsp3) is 0. The first-order valence-electron chi connectivity index (χ1n) is 15.2. The molecule has 0 fully saturated rings. The van der Waals surface area contributed by atoms with Crippen molar-refractivity contribution in [3.8, 4) is 11.1 Å². The van der Waals surface area contributed by atoms with Crippen molar-refractivity contribution in [2.45, 2.75) is 0 Å². The SMILES string of the molecule is O=P(c1ccccc1)(c1ccccc1)c1ccc(-c2cc3ccccc3c3c2oc2cc4ccccc4cc23)c2ccccc12. The molecule has 212 valence electrons. The van der Waals surface area contributed by atoms with E-state index in [9.17, 15) is 0 Å². The van der Waals surface area contributed by atoms with Gasteiger partial charge in [0.1, 0.15) is 11.2 Å². The summed E-state index contributed by atoms with van der Waals surface area (Å²) in [6.07, 6.45) is 0. The third-order valence-electron chi connectivity index (χ3n) is 9.10. The van der Waals surface area contributed by atoms with Crippen LogP contribution in [0.2, 0.25) is 0 Å². The standard InChI is InChI=1S/C42H27O2P/c43-45(31-16-3-1-4-17-31,32-18-5-2-6-19-32)40-24-23-35(34-21-11-12-22-36(34)40)37-26-30-15-9-10-20-33(30)41-38-25-28-13-7-8-14-29(28)27-39(38)44-42(37)41/h1-27H. The van der Waals surface area contributed by atoms with E-state index in [1.54, 1.807) is 0 Å². The molecule has 1 aromatic heterocycles. The van der Waals surface area contributed by atoms with Crippen molar-refractivity contribution in [2.75, 3.05) is 0 Å². The monoisotopic (exact) mass is 594 g/mol. The second-order valence-electron chi connectivity index (χ2n) is 11.6. The van der Waals surface area contributed by atoms with Gasteiger partial charge in [0.15, 0.2) is 7.14 Å². The van der Waals surface area contributed by atoms with Gasteiger partial charge < -0.3 is 8.98 Å². The molecule has 0 saturated carbocycles. The largest absolute Gasteiger partial charge is 0.455 e. The predicted molar refractivity (Wildman–Crippen MR) is 191 cm³/mol. The second kappa shape index (κ2) is 10.1. The van der Waals surface area contributed by atoms with Crippen LogP contribution in [0.4, 0.5) is 0 Å². The van der Waals surface area contributed by atoms with Crippen molar-refractivity contribution in [3.63, 3.8) is 0 Å². The van der Waals surface area contributed by atoms with Crippen LogP contribution in [0.3, 0.4) is 0 Å². The molecule has 3 heteroatoms. The van der Waals surface area contributed by atoms with E-state index in [4.69, 9.17) is 4.42 Å². The summed E-state index contributed by atoms with van der Waals surface area (Å²) in [5.74, 6) is 0. The number of rotatable bonds is 4. The van der Waals surface area contributed by atoms with Crippen LogP contribution in [0.15, 0.2) is 168 Å². The summed E-state index contributed by atoms with van der Waals surface area (Å²) in [5.41, 5.74) is 3.83. The molecule has 0 spiro atoms. The van der Waals surface area contributed by atoms with Crippen LogP contribution in [-0.2, 0) is 4.57 Å². The Bertz CT molecular complexity index is 2570. The Morgan fingerprint density at radius 3 is 1.67 bits per heavy atom. The molecular weight excluding hydrogens is 567 g/mol. The van der Waals surface area contributed by atoms with Gasteiger partial charge in [0, 0.05) is 32.2 Å². The minimum absolute atomic E-state index is 0.826. The zero-order chi connectivity index (χ0) is 30.0. The van der Waals surface area contributed by atoms with Crippen molar-refractivity contribution < 1.29 is 8.98 Å². The minimum Gasteiger partial charge on any atom is -0.455 e. The van der Waals surface area contributed by atoms with Gasteiger partial charge in [-0.05, 0) is 62.1 Å². The maximum absolute atomic E-state index is 15.5. The lowest BCUT2D eigenvalue weighted by Crippen LogP contribution is -2.25. The zero-order valence-corrected chi connectivity index (χ0v) is 25.2. The van der Waals surface area contributed by atoms with E-state index < -0.39 is 7.14 Å². The van der Waals surface area contributed by atoms with Crippen molar-refractivity contribution in [2.24, 2.45) is 0 Å². The number of benzene rings is 8. The molecular formula is C42H27O2P. The Balaban J connectivity index is 1.38. The van der Waals surface area contributed by atoms with E-state index >= 15 is 4.57 Å². The van der Waals surface area contributed by atoms with Gasteiger partial charge in [-0.25, -0.2) is 0 Å². The number of hydrogen-bond acceptors (Lipinski definition) is 2. The average Bonchev–Trinajstić information content (AvgIpc) is 3.49. The zero-order valence-electron chi connectivity index (χ0n) is 24.4. The first kappa shape index (κ1) is 26.0. The molecule has 0 bridgehead atoms. The summed E-state index contributed by atoms with van der Waals surface area (Å²) < 4.78 is 22.3. The normalized spacial score (nSPS) is 12.1. The third kappa shape index (κ3) is 3.93. The molecule has 0 radical (unpaired) electrons. The lowest BCUT2D eigenvalue weighted by molar-refractivity contribution is 0.592. The Kier molecular flexibility index (Phi) is 5.81. The molecule has 0 amide bonds. The first-order chi connectivity index (χ1) is 22.2. The quantitative estimate of drug-likeness (QED) is 0.190. The Morgan fingerprint density at radius 1 is 0.422 bits per heavy atom. The van der Waals surface area contributed by atoms with Gasteiger partial charge >= 0.3 is 0 Å². The summed E-state index contributed by atoms with van der Waals surface area (Å²) in [6, 6.07) is 56.0. The highest BCUT2D eigenvalue weighted by Gasteiger charge is 2.32. The maximum Gasteiger partial charge on any atom is 0.171 e. The second-order valence-corrected chi connectivity index (χ2v) is 14.3. The molecule has 0 aliphatic rings. The fourth-order valence-electron chi connectivity index (χ4n) is 7.01. The Hall–Kier alpha value is -5.43. The average molecular weight is 595 g/mol. The lowest BCUT2D eigenvalue weighted by atomic mass is 9.93. The van der Waals surface area contributed by atoms with E-state index in [1.165, 1.54) is 10.8 Å². The van der Waals surface area contributed by atoms with Crippen LogP contribution in [0.25, 0.3) is 65.4 Å². The predicted octanol–water partition coefficient (Wildman–Crippen LogP) is 10.4. The van der Waals surface area contributed by atoms with E-state index in [2.05, 4.69) is 97.1 Å². The third-order valence-corrected chi connectivity index (χ3v) is 12.2. The Morgan fingerprint density at radius 2 is 0.978 bits per heavy atom. The van der Waals surface area contributed by atoms with Crippen LogP contribution in [0.5, 0.6) is 0 Å². The smallest absolute Gasteiger partial charge is 0.171 e. The molecule has 0 unspecified atom stereocenters. The highest BCUT2D eigenvalue weighted by Crippen LogP contribution is 2.47. The van der Waals surface area contributed by atoms with Gasteiger partial charge in [-0.15, -0.1) is 0 Å². The molecule has 1 heterocycles. The summed E-state index contributed by atoms with van der Waals surface area (Å²) >= 11 is 0. The lowest BCUT2D eigenvalue weighted by Gasteiger charge is -2.23. The van der Waals surface area contributed by atoms with Crippen molar-refractivity contribution >= 4 is 77.3 Å². The van der Waals surface area contributed by atoms with Crippen LogP contribution in [-0.4, -0.2) is 0 Å². The van der Waals surface area contributed by atoms with Gasteiger partial charge in [-0.2, -0.15) is 0 Å². The van der Waals surface area contributed by atoms with Crippen molar-refractivity contribution in [3.05, 3.63) is 164 Å². The summed E-state index contributed by atoms with van der Waals surface area (Å²) in [4.78, 5) is 0. The molecule has 9 aromatic rings. The molecule has 0 aliphatic carbocycles. The van der Waals surface area contributed by atoms with Gasteiger partial charge in [0.05, 0.1) is 0 Å². The topological polar surface area (TPSA) is 30.2 Å². The van der Waals surface area contributed by atoms with E-state index in [-0.39, 0.29) is 0 Å². The molecule has 2 nitrogen and oxygen atoms in total. The summed E-state index contributed by atoms with van der Waals surface area (Å²) in [6.45, 7) is 0. The number of furan rings is 1. The number of hydrogen-bond donors (Lipinski definition) is 0. The molecule has 0 atom stereocenters. The molecule has 45 heavy (non-hydrogen) atoms. The minimum atomic E-state index is -3.19. The van der Waals surface area contributed by atoms with Gasteiger partial charge in [0.25, 0.3) is 0 Å². The van der Waals surface area contributed by atoms with E-state index in [1.807, 2.05) is 66.7 Å². The molecule has 0 saturated heterocycles. The highest BCUT2D eigenvalue weighted by molar-refractivity contribution is 7.85. The van der Waals surface area contributed by atoms with Crippen molar-refractivity contribution in [1.29, 1.82) is 0 Å². The van der Waals surface area contributed by atoms with E-state index in [0.29, 0.717) is 0 Å². The van der Waals surface area contributed by atoms with Crippen LogP contribution in [0, 0.1) is 0 Å². The molecule has 0 aliphatic heterocycles. The number of fused-ring (bicyclic) bond motifs is 7. The van der Waals surface area contributed by atoms with Crippen LogP contribution in [0.1, 0.15) is 0 Å². The Labute approximate surface area is 260 Å². The van der Waals surface area contributed by atoms with E-state index in [0.717, 1.165) is 70.5 Å². The van der Waals surface area contributed by atoms with Crippen LogP contribution >= 0.6 is 7.14 Å². The van der Waals surface area contributed by atoms with Crippen LogP contribution < -0.4 is 15.9 Å². The summed E-state index contributed by atoms with van der Waals surface area (Å²) in [7, 11) is -3.19. The molecule has 9 rings (SSSR count). The first-order valence-corrected chi connectivity index (χ1v) is 16.9. The molecule has 8 aromatic carbocycles. The van der Waals surface area contributed by atoms with Crippen molar-refractivity contribution in [1.82, 2.24) is 0 Å². The van der Waals surface area contributed by atoms with Gasteiger partial charge in [-0.3, -0.25) is 0 Å². The highest BCUT2D eigenvalue weighted by atomic mass is 31.2. The summed E-state index contributed by atoms with van der Waals surface area (Å²) in [5, 5.41) is 11.4. The fourth-order valence-corrected chi connectivity index (χ4v) is 9.86.